The third-order valence-corrected chi connectivity index (χ3v) is 5.18. The molecule has 0 fully saturated rings. The van der Waals surface area contributed by atoms with E-state index in [0.29, 0.717) is 17.1 Å². The van der Waals surface area contributed by atoms with E-state index in [0.717, 1.165) is 11.1 Å². The number of non-ortho nitro benzene ring substituents is 1. The zero-order chi connectivity index (χ0) is 22.4. The molecule has 0 saturated carbocycles. The number of rotatable bonds is 8. The van der Waals surface area contributed by atoms with E-state index in [1.54, 1.807) is 43.3 Å². The van der Waals surface area contributed by atoms with E-state index in [1.165, 1.54) is 18.2 Å². The van der Waals surface area contributed by atoms with Crippen LogP contribution in [0.5, 0.6) is 11.5 Å². The number of carbonyl (C=O) groups excluding carboxylic acids is 1. The average molecular weight is 420 g/mol. The third-order valence-electron chi connectivity index (χ3n) is 5.18. The van der Waals surface area contributed by atoms with Crippen LogP contribution in [0.2, 0.25) is 0 Å². The van der Waals surface area contributed by atoms with Crippen LogP contribution < -0.4 is 9.47 Å². The van der Waals surface area contributed by atoms with Crippen LogP contribution in [-0.2, 0) is 4.79 Å². The minimum Gasteiger partial charge on any atom is -0.497 e. The number of methoxy groups -OCH3 is 1. The summed E-state index contributed by atoms with van der Waals surface area (Å²) in [6.45, 7) is 1.76. The van der Waals surface area contributed by atoms with Crippen LogP contribution in [0.1, 0.15) is 18.5 Å². The number of carbonyl (C=O) groups is 1. The summed E-state index contributed by atoms with van der Waals surface area (Å²) in [6, 6.07) is 21.0. The molecule has 0 spiro atoms. The fraction of sp³-hybridized carbons (Fsp3) is 0.208. The molecule has 7 nitrogen and oxygen atoms in total. The standard InChI is InChI=1S/C24H24N2O5/c1-17(18-7-5-4-6-8-18)25(2)24(27)16-31-23-14-11-20(26(28)29)15-22(23)19-9-12-21(30-3)13-10-19/h4-15,17H,16H2,1-3H3. The number of nitrogens with zero attached hydrogens (tertiary/aromatic N) is 2. The van der Waals surface area contributed by atoms with E-state index in [1.807, 2.05) is 37.3 Å². The molecule has 7 heteroatoms. The van der Waals surface area contributed by atoms with E-state index in [-0.39, 0.29) is 24.2 Å². The van der Waals surface area contributed by atoms with E-state index < -0.39 is 4.92 Å². The van der Waals surface area contributed by atoms with Gasteiger partial charge in [-0.25, -0.2) is 0 Å². The highest BCUT2D eigenvalue weighted by atomic mass is 16.6. The Balaban J connectivity index is 1.80. The van der Waals surface area contributed by atoms with Gasteiger partial charge in [0.1, 0.15) is 11.5 Å². The van der Waals surface area contributed by atoms with Gasteiger partial charge in [0.05, 0.1) is 18.1 Å². The minimum atomic E-state index is -0.461. The van der Waals surface area contributed by atoms with Crippen LogP contribution >= 0.6 is 0 Å². The molecular formula is C24H24N2O5. The summed E-state index contributed by atoms with van der Waals surface area (Å²) < 4.78 is 11.0. The van der Waals surface area contributed by atoms with Crippen molar-refractivity contribution >= 4 is 11.6 Å². The lowest BCUT2D eigenvalue weighted by Gasteiger charge is -2.25. The molecule has 31 heavy (non-hydrogen) atoms. The highest BCUT2D eigenvalue weighted by molar-refractivity contribution is 5.79. The molecule has 160 valence electrons. The van der Waals surface area contributed by atoms with Crippen molar-refractivity contribution in [3.8, 4) is 22.6 Å². The second-order valence-electron chi connectivity index (χ2n) is 7.05. The van der Waals surface area contributed by atoms with Gasteiger partial charge >= 0.3 is 0 Å². The van der Waals surface area contributed by atoms with Crippen molar-refractivity contribution in [2.24, 2.45) is 0 Å². The van der Waals surface area contributed by atoms with Gasteiger partial charge in [-0.05, 0) is 36.2 Å². The molecule has 0 radical (unpaired) electrons. The molecule has 0 heterocycles. The molecular weight excluding hydrogens is 396 g/mol. The van der Waals surface area contributed by atoms with E-state index >= 15 is 0 Å². The molecule has 0 aliphatic heterocycles. The summed E-state index contributed by atoms with van der Waals surface area (Å²) in [7, 11) is 3.29. The van der Waals surface area contributed by atoms with Gasteiger partial charge in [-0.3, -0.25) is 14.9 Å². The normalized spacial score (nSPS) is 11.5. The van der Waals surface area contributed by atoms with E-state index in [2.05, 4.69) is 0 Å². The molecule has 0 aliphatic carbocycles. The van der Waals surface area contributed by atoms with Gasteiger partial charge in [0, 0.05) is 24.7 Å². The molecule has 3 aromatic rings. The zero-order valence-electron chi connectivity index (χ0n) is 17.6. The van der Waals surface area contributed by atoms with E-state index in [4.69, 9.17) is 9.47 Å². The van der Waals surface area contributed by atoms with Crippen molar-refractivity contribution in [2.75, 3.05) is 20.8 Å². The monoisotopic (exact) mass is 420 g/mol. The third kappa shape index (κ3) is 5.19. The van der Waals surface area contributed by atoms with Gasteiger partial charge in [-0.2, -0.15) is 0 Å². The summed E-state index contributed by atoms with van der Waals surface area (Å²) in [5.74, 6) is 0.864. The molecule has 3 aromatic carbocycles. The zero-order valence-corrected chi connectivity index (χ0v) is 17.6. The second kappa shape index (κ2) is 9.75. The van der Waals surface area contributed by atoms with Crippen LogP contribution in [0.25, 0.3) is 11.1 Å². The lowest BCUT2D eigenvalue weighted by Crippen LogP contribution is -2.33. The second-order valence-corrected chi connectivity index (χ2v) is 7.05. The Labute approximate surface area is 181 Å². The van der Waals surface area contributed by atoms with Crippen molar-refractivity contribution in [3.05, 3.63) is 88.5 Å². The SMILES string of the molecule is COc1ccc(-c2cc([N+](=O)[O-])ccc2OCC(=O)N(C)C(C)c2ccccc2)cc1. The van der Waals surface area contributed by atoms with Crippen molar-refractivity contribution < 1.29 is 19.2 Å². The van der Waals surface area contributed by atoms with Crippen molar-refractivity contribution in [1.82, 2.24) is 4.90 Å². The Morgan fingerprint density at radius 2 is 1.74 bits per heavy atom. The molecule has 0 aromatic heterocycles. The number of hydrogen-bond donors (Lipinski definition) is 0. The number of hydrogen-bond acceptors (Lipinski definition) is 5. The lowest BCUT2D eigenvalue weighted by atomic mass is 10.0. The molecule has 1 amide bonds. The Hall–Kier alpha value is -3.87. The molecule has 0 bridgehead atoms. The summed E-state index contributed by atoms with van der Waals surface area (Å²) in [6.07, 6.45) is 0. The lowest BCUT2D eigenvalue weighted by molar-refractivity contribution is -0.384. The topological polar surface area (TPSA) is 81.9 Å². The highest BCUT2D eigenvalue weighted by Gasteiger charge is 2.19. The van der Waals surface area contributed by atoms with Gasteiger partial charge in [0.15, 0.2) is 6.61 Å². The molecule has 1 atom stereocenters. The maximum atomic E-state index is 12.7. The van der Waals surface area contributed by atoms with Gasteiger partial charge in [0.2, 0.25) is 0 Å². The summed E-state index contributed by atoms with van der Waals surface area (Å²) >= 11 is 0. The van der Waals surface area contributed by atoms with Gasteiger partial charge in [-0.15, -0.1) is 0 Å². The predicted molar refractivity (Wildman–Crippen MR) is 118 cm³/mol. The number of nitro groups is 1. The fourth-order valence-electron chi connectivity index (χ4n) is 3.17. The van der Waals surface area contributed by atoms with Crippen LogP contribution in [0.4, 0.5) is 5.69 Å². The highest BCUT2D eigenvalue weighted by Crippen LogP contribution is 2.34. The molecule has 0 N–H and O–H groups in total. The smallest absolute Gasteiger partial charge is 0.270 e. The molecule has 0 saturated heterocycles. The van der Waals surface area contributed by atoms with Gasteiger partial charge in [0.25, 0.3) is 11.6 Å². The first-order chi connectivity index (χ1) is 14.9. The molecule has 0 aliphatic rings. The molecule has 3 rings (SSSR count). The van der Waals surface area contributed by atoms with Crippen molar-refractivity contribution in [2.45, 2.75) is 13.0 Å². The van der Waals surface area contributed by atoms with Crippen LogP contribution in [0.15, 0.2) is 72.8 Å². The fourth-order valence-corrected chi connectivity index (χ4v) is 3.17. The number of likely N-dealkylation sites (N-methyl/N-ethyl adjacent to an activating group) is 1. The van der Waals surface area contributed by atoms with Crippen molar-refractivity contribution in [1.29, 1.82) is 0 Å². The maximum absolute atomic E-state index is 12.7. The van der Waals surface area contributed by atoms with Crippen molar-refractivity contribution in [3.63, 3.8) is 0 Å². The minimum absolute atomic E-state index is 0.0562. The molecule has 1 unspecified atom stereocenters. The first-order valence-electron chi connectivity index (χ1n) is 9.77. The van der Waals surface area contributed by atoms with Gasteiger partial charge < -0.3 is 14.4 Å². The van der Waals surface area contributed by atoms with Crippen LogP contribution in [-0.4, -0.2) is 36.5 Å². The average Bonchev–Trinajstić information content (AvgIpc) is 2.82. The number of nitro benzene ring substituents is 1. The van der Waals surface area contributed by atoms with Gasteiger partial charge in [-0.1, -0.05) is 42.5 Å². The maximum Gasteiger partial charge on any atom is 0.270 e. The predicted octanol–water partition coefficient (Wildman–Crippen LogP) is 4.87. The van der Waals surface area contributed by atoms with Crippen LogP contribution in [0.3, 0.4) is 0 Å². The number of ether oxygens (including phenoxy) is 2. The Kier molecular flexibility index (Phi) is 6.87. The Morgan fingerprint density at radius 1 is 1.06 bits per heavy atom. The summed E-state index contributed by atoms with van der Waals surface area (Å²) in [4.78, 5) is 25.1. The summed E-state index contributed by atoms with van der Waals surface area (Å²) in [5.41, 5.74) is 2.22. The largest absolute Gasteiger partial charge is 0.497 e. The Morgan fingerprint density at radius 3 is 2.35 bits per heavy atom. The number of benzene rings is 3. The van der Waals surface area contributed by atoms with E-state index in [9.17, 15) is 14.9 Å². The first kappa shape index (κ1) is 21.8. The number of amides is 1. The summed E-state index contributed by atoms with van der Waals surface area (Å²) in [5, 5.41) is 11.2. The Bertz CT molecular complexity index is 1050. The quantitative estimate of drug-likeness (QED) is 0.384. The first-order valence-corrected chi connectivity index (χ1v) is 9.77. The van der Waals surface area contributed by atoms with Crippen LogP contribution in [0, 0.1) is 10.1 Å².